The van der Waals surface area contributed by atoms with Crippen LogP contribution in [0.25, 0.3) is 0 Å². The van der Waals surface area contributed by atoms with Crippen molar-refractivity contribution in [3.8, 4) is 0 Å². The van der Waals surface area contributed by atoms with Gasteiger partial charge in [-0.15, -0.1) is 0 Å². The van der Waals surface area contributed by atoms with E-state index in [1.807, 2.05) is 11.8 Å². The molecule has 0 spiro atoms. The average molecular weight is 261 g/mol. The minimum absolute atomic E-state index is 0.144. The van der Waals surface area contributed by atoms with E-state index in [0.717, 1.165) is 25.9 Å². The van der Waals surface area contributed by atoms with E-state index < -0.39 is 0 Å². The SMILES string of the molecule is CC1=CC[C@@H]2CN(C(=O)Cc3nonc3C)C[C@@H]2C1. The zero-order chi connectivity index (χ0) is 13.4. The van der Waals surface area contributed by atoms with Crippen molar-refractivity contribution in [1.29, 1.82) is 0 Å². The van der Waals surface area contributed by atoms with Crippen LogP contribution in [0.4, 0.5) is 0 Å². The molecule has 5 nitrogen and oxygen atoms in total. The van der Waals surface area contributed by atoms with Gasteiger partial charge in [-0.1, -0.05) is 22.0 Å². The Morgan fingerprint density at radius 2 is 2.16 bits per heavy atom. The summed E-state index contributed by atoms with van der Waals surface area (Å²) >= 11 is 0. The molecular weight excluding hydrogens is 242 g/mol. The molecule has 5 heteroatoms. The summed E-state index contributed by atoms with van der Waals surface area (Å²) in [6.07, 6.45) is 4.88. The fraction of sp³-hybridized carbons (Fsp3) is 0.643. The minimum Gasteiger partial charge on any atom is -0.342 e. The molecular formula is C14H19N3O2. The Kier molecular flexibility index (Phi) is 3.12. The van der Waals surface area contributed by atoms with Crippen LogP contribution in [0.5, 0.6) is 0 Å². The van der Waals surface area contributed by atoms with E-state index in [2.05, 4.69) is 27.9 Å². The van der Waals surface area contributed by atoms with Gasteiger partial charge < -0.3 is 4.90 Å². The van der Waals surface area contributed by atoms with Gasteiger partial charge in [-0.3, -0.25) is 4.79 Å². The van der Waals surface area contributed by atoms with Crippen molar-refractivity contribution in [1.82, 2.24) is 15.2 Å². The number of aromatic nitrogens is 2. The summed E-state index contributed by atoms with van der Waals surface area (Å²) in [5.41, 5.74) is 2.84. The Balaban J connectivity index is 1.63. The molecule has 1 fully saturated rings. The summed E-state index contributed by atoms with van der Waals surface area (Å²) in [5.74, 6) is 1.43. The molecule has 0 unspecified atom stereocenters. The third-order valence-corrected chi connectivity index (χ3v) is 4.35. The number of fused-ring (bicyclic) bond motifs is 1. The second-order valence-corrected chi connectivity index (χ2v) is 5.78. The lowest BCUT2D eigenvalue weighted by atomic mass is 9.83. The number of rotatable bonds is 2. The topological polar surface area (TPSA) is 59.2 Å². The van der Waals surface area contributed by atoms with Gasteiger partial charge in [-0.2, -0.15) is 0 Å². The van der Waals surface area contributed by atoms with Crippen molar-refractivity contribution in [2.75, 3.05) is 13.1 Å². The fourth-order valence-corrected chi connectivity index (χ4v) is 3.16. The van der Waals surface area contributed by atoms with E-state index in [-0.39, 0.29) is 5.91 Å². The maximum atomic E-state index is 12.3. The van der Waals surface area contributed by atoms with Gasteiger partial charge in [0.15, 0.2) is 0 Å². The number of aryl methyl sites for hydroxylation is 1. The van der Waals surface area contributed by atoms with E-state index in [9.17, 15) is 4.79 Å². The van der Waals surface area contributed by atoms with Crippen LogP contribution in [0.2, 0.25) is 0 Å². The van der Waals surface area contributed by atoms with Crippen molar-refractivity contribution in [3.05, 3.63) is 23.0 Å². The number of carbonyl (C=O) groups is 1. The summed E-state index contributed by atoms with van der Waals surface area (Å²) < 4.78 is 4.64. The molecule has 0 aromatic carbocycles. The van der Waals surface area contributed by atoms with Crippen LogP contribution >= 0.6 is 0 Å². The zero-order valence-electron chi connectivity index (χ0n) is 11.4. The largest absolute Gasteiger partial charge is 0.342 e. The molecule has 0 bridgehead atoms. The molecule has 2 heterocycles. The summed E-state index contributed by atoms with van der Waals surface area (Å²) in [5, 5.41) is 7.50. The first kappa shape index (κ1) is 12.4. The van der Waals surface area contributed by atoms with Crippen molar-refractivity contribution in [2.24, 2.45) is 11.8 Å². The molecule has 19 heavy (non-hydrogen) atoms. The fourth-order valence-electron chi connectivity index (χ4n) is 3.16. The lowest BCUT2D eigenvalue weighted by Crippen LogP contribution is -2.30. The molecule has 3 rings (SSSR count). The molecule has 1 aliphatic heterocycles. The number of likely N-dealkylation sites (tertiary alicyclic amines) is 1. The lowest BCUT2D eigenvalue weighted by Gasteiger charge is -2.21. The molecule has 1 saturated heterocycles. The number of hydrogen-bond acceptors (Lipinski definition) is 4. The van der Waals surface area contributed by atoms with Gasteiger partial charge in [0.05, 0.1) is 6.42 Å². The van der Waals surface area contributed by atoms with Crippen LogP contribution in [0.3, 0.4) is 0 Å². The second-order valence-electron chi connectivity index (χ2n) is 5.78. The standard InChI is InChI=1S/C14H19N3O2/c1-9-3-4-11-7-17(8-12(11)5-9)14(18)6-13-10(2)15-19-16-13/h3,11-12H,4-8H2,1-2H3/t11-,12+/m1/s1. The van der Waals surface area contributed by atoms with Gasteiger partial charge in [0.25, 0.3) is 0 Å². The van der Waals surface area contributed by atoms with Gasteiger partial charge in [0.1, 0.15) is 11.4 Å². The first-order chi connectivity index (χ1) is 9.13. The van der Waals surface area contributed by atoms with Crippen LogP contribution in [-0.4, -0.2) is 34.2 Å². The summed E-state index contributed by atoms with van der Waals surface area (Å²) in [6, 6.07) is 0. The Morgan fingerprint density at radius 1 is 1.37 bits per heavy atom. The smallest absolute Gasteiger partial charge is 0.228 e. The first-order valence-electron chi connectivity index (χ1n) is 6.85. The number of nitrogens with zero attached hydrogens (tertiary/aromatic N) is 3. The van der Waals surface area contributed by atoms with Gasteiger partial charge in [0, 0.05) is 13.1 Å². The molecule has 1 aromatic heterocycles. The molecule has 1 aromatic rings. The first-order valence-corrected chi connectivity index (χ1v) is 6.85. The van der Waals surface area contributed by atoms with Gasteiger partial charge in [-0.05, 0) is 38.5 Å². The summed E-state index contributed by atoms with van der Waals surface area (Å²) in [7, 11) is 0. The Hall–Kier alpha value is -1.65. The van der Waals surface area contributed by atoms with E-state index >= 15 is 0 Å². The highest BCUT2D eigenvalue weighted by molar-refractivity contribution is 5.78. The minimum atomic E-state index is 0.144. The predicted octanol–water partition coefficient (Wildman–Crippen LogP) is 1.74. The molecule has 1 aliphatic carbocycles. The number of amides is 1. The maximum absolute atomic E-state index is 12.3. The Bertz CT molecular complexity index is 521. The predicted molar refractivity (Wildman–Crippen MR) is 69.3 cm³/mol. The van der Waals surface area contributed by atoms with Crippen LogP contribution in [0.15, 0.2) is 16.3 Å². The number of allylic oxidation sites excluding steroid dienone is 2. The lowest BCUT2D eigenvalue weighted by molar-refractivity contribution is -0.129. The van der Waals surface area contributed by atoms with Crippen LogP contribution in [0.1, 0.15) is 31.2 Å². The normalized spacial score (nSPS) is 26.2. The van der Waals surface area contributed by atoms with Crippen LogP contribution in [0, 0.1) is 18.8 Å². The van der Waals surface area contributed by atoms with Gasteiger partial charge in [0.2, 0.25) is 5.91 Å². The third-order valence-electron chi connectivity index (χ3n) is 4.35. The second kappa shape index (κ2) is 4.79. The molecule has 102 valence electrons. The van der Waals surface area contributed by atoms with Crippen molar-refractivity contribution < 1.29 is 9.42 Å². The molecule has 2 aliphatic rings. The zero-order valence-corrected chi connectivity index (χ0v) is 11.4. The van der Waals surface area contributed by atoms with E-state index in [1.54, 1.807) is 0 Å². The van der Waals surface area contributed by atoms with Gasteiger partial charge >= 0.3 is 0 Å². The third kappa shape index (κ3) is 2.41. The van der Waals surface area contributed by atoms with Crippen molar-refractivity contribution in [3.63, 3.8) is 0 Å². The quantitative estimate of drug-likeness (QED) is 0.761. The number of hydrogen-bond donors (Lipinski definition) is 0. The number of carbonyl (C=O) groups excluding carboxylic acids is 1. The molecule has 0 saturated carbocycles. The monoisotopic (exact) mass is 261 g/mol. The summed E-state index contributed by atoms with van der Waals surface area (Å²) in [6.45, 7) is 5.78. The van der Waals surface area contributed by atoms with Crippen LogP contribution in [-0.2, 0) is 11.2 Å². The molecule has 1 amide bonds. The highest BCUT2D eigenvalue weighted by Crippen LogP contribution is 2.35. The highest BCUT2D eigenvalue weighted by Gasteiger charge is 2.36. The Morgan fingerprint density at radius 3 is 2.89 bits per heavy atom. The highest BCUT2D eigenvalue weighted by atomic mass is 16.6. The average Bonchev–Trinajstić information content (AvgIpc) is 2.96. The molecule has 2 atom stereocenters. The maximum Gasteiger partial charge on any atom is 0.228 e. The van der Waals surface area contributed by atoms with E-state index in [0.29, 0.717) is 29.6 Å². The van der Waals surface area contributed by atoms with Crippen molar-refractivity contribution >= 4 is 5.91 Å². The van der Waals surface area contributed by atoms with Crippen LogP contribution < -0.4 is 0 Å². The van der Waals surface area contributed by atoms with E-state index in [4.69, 9.17) is 0 Å². The van der Waals surface area contributed by atoms with E-state index in [1.165, 1.54) is 5.57 Å². The Labute approximate surface area is 112 Å². The van der Waals surface area contributed by atoms with Gasteiger partial charge in [-0.25, -0.2) is 4.63 Å². The summed E-state index contributed by atoms with van der Waals surface area (Å²) in [4.78, 5) is 14.3. The molecule has 0 N–H and O–H groups in total. The molecule has 0 radical (unpaired) electrons. The van der Waals surface area contributed by atoms with Crippen molar-refractivity contribution in [2.45, 2.75) is 33.1 Å².